The van der Waals surface area contributed by atoms with Gasteiger partial charge in [-0.1, -0.05) is 217 Å². The third-order valence-corrected chi connectivity index (χ3v) is 15.3. The molecule has 0 amide bonds. The number of hydrogen-bond acceptors (Lipinski definition) is 2. The first kappa shape index (κ1) is 45.9. The zero-order valence-corrected chi connectivity index (χ0v) is 43.4. The van der Waals surface area contributed by atoms with Gasteiger partial charge in [-0.05, 0) is 133 Å². The van der Waals surface area contributed by atoms with E-state index in [1.165, 1.54) is 60.4 Å². The molecule has 0 aliphatic rings. The summed E-state index contributed by atoms with van der Waals surface area (Å²) in [5.74, 6) is 0. The van der Waals surface area contributed by atoms with Crippen LogP contribution in [0.15, 0.2) is 247 Å². The molecule has 75 heavy (non-hydrogen) atoms. The van der Waals surface area contributed by atoms with E-state index < -0.39 is 0 Å². The number of benzene rings is 11. The monoisotopic (exact) mass is 966 g/mol. The maximum absolute atomic E-state index is 6.54. The Hall–Kier alpha value is -8.92. The molecule has 0 atom stereocenters. The second-order valence-electron chi connectivity index (χ2n) is 22.2. The number of rotatable bonds is 8. The van der Waals surface area contributed by atoms with Gasteiger partial charge in [0.15, 0.2) is 0 Å². The quantitative estimate of drug-likeness (QED) is 0.151. The van der Waals surface area contributed by atoms with Crippen molar-refractivity contribution in [3.8, 4) is 50.2 Å². The number of hydrogen-bond donors (Lipinski definition) is 0. The molecule has 0 N–H and O–H groups in total. The van der Waals surface area contributed by atoms with Gasteiger partial charge in [-0.3, -0.25) is 0 Å². The van der Waals surface area contributed by atoms with Crippen molar-refractivity contribution in [1.82, 2.24) is 4.57 Å². The van der Waals surface area contributed by atoms with Crippen molar-refractivity contribution in [2.75, 3.05) is 4.90 Å². The van der Waals surface area contributed by atoms with Crippen LogP contribution in [0.1, 0.15) is 52.7 Å². The Bertz CT molecular complexity index is 4290. The lowest BCUT2D eigenvalue weighted by molar-refractivity contribution is 0.569. The van der Waals surface area contributed by atoms with Crippen molar-refractivity contribution in [2.45, 2.75) is 52.4 Å². The van der Waals surface area contributed by atoms with Gasteiger partial charge in [-0.15, -0.1) is 0 Å². The van der Waals surface area contributed by atoms with Crippen LogP contribution in [-0.2, 0) is 10.8 Å². The summed E-state index contributed by atoms with van der Waals surface area (Å²) in [5.41, 5.74) is 20.3. The average Bonchev–Trinajstić information content (AvgIpc) is 4.00. The molecule has 0 spiro atoms. The number of nitrogens with zero attached hydrogens (tertiary/aromatic N) is 2. The molecular formula is C72H58N2O. The molecule has 13 aromatic rings. The normalized spacial score (nSPS) is 12.1. The van der Waals surface area contributed by atoms with Gasteiger partial charge in [0, 0.05) is 44.0 Å². The highest BCUT2D eigenvalue weighted by Gasteiger charge is 2.26. The molecule has 3 nitrogen and oxygen atoms in total. The van der Waals surface area contributed by atoms with Crippen molar-refractivity contribution >= 4 is 71.6 Å². The molecular weight excluding hydrogens is 909 g/mol. The van der Waals surface area contributed by atoms with Crippen LogP contribution in [0, 0.1) is 0 Å². The number of fused-ring (bicyclic) bond motifs is 7. The van der Waals surface area contributed by atoms with Crippen molar-refractivity contribution in [2.24, 2.45) is 0 Å². The molecule has 0 aliphatic carbocycles. The fourth-order valence-electron chi connectivity index (χ4n) is 11.4. The number of anilines is 3. The summed E-state index contributed by atoms with van der Waals surface area (Å²) in [4.78, 5) is 2.48. The largest absolute Gasteiger partial charge is 0.456 e. The molecule has 11 aromatic carbocycles. The SMILES string of the molecule is CC(C)(C)c1cc(-c2cccc3cccc(-c4ccccc4N(c4cccc(-c5ccc6c7ccccc7n(-c7ccccc7)c6c5)c4)c4ccccc4-c4ccc5c(c4)oc4ccccc45)c23)cc(C(C)(C)C)c1. The second kappa shape index (κ2) is 17.9. The first-order valence-electron chi connectivity index (χ1n) is 26.2. The standard InChI is InChI=1S/C72H58N2O/c1-71(2,3)52-41-51(42-53(46-52)72(4,5)6)57-31-19-21-47-22-20-32-63(70(47)57)59-29-12-16-35-66(59)74(64-33-14-10-27-56(64)50-38-40-62-61-30-13-17-36-68(61)75-69(62)45-50)55-26-18-23-48(43-55)49-37-39-60-58-28-11-15-34-65(58)73(67(60)44-49)54-24-8-7-9-25-54/h7-46H,1-6H3. The summed E-state index contributed by atoms with van der Waals surface area (Å²) in [6.07, 6.45) is 0. The van der Waals surface area contributed by atoms with Crippen LogP contribution in [0.25, 0.3) is 105 Å². The third kappa shape index (κ3) is 8.07. The Morgan fingerprint density at radius 1 is 0.347 bits per heavy atom. The van der Waals surface area contributed by atoms with E-state index in [1.807, 2.05) is 6.07 Å². The molecule has 0 radical (unpaired) electrons. The molecule has 0 saturated heterocycles. The fourth-order valence-corrected chi connectivity index (χ4v) is 11.4. The maximum atomic E-state index is 6.54. The van der Waals surface area contributed by atoms with Crippen LogP contribution >= 0.6 is 0 Å². The summed E-state index contributed by atoms with van der Waals surface area (Å²) in [6, 6.07) is 89.2. The van der Waals surface area contributed by atoms with Crippen molar-refractivity contribution in [1.29, 1.82) is 0 Å². The van der Waals surface area contributed by atoms with Crippen LogP contribution < -0.4 is 4.90 Å². The summed E-state index contributed by atoms with van der Waals surface area (Å²) in [7, 11) is 0. The van der Waals surface area contributed by atoms with Gasteiger partial charge < -0.3 is 13.9 Å². The Kier molecular flexibility index (Phi) is 11.0. The summed E-state index contributed by atoms with van der Waals surface area (Å²) < 4.78 is 8.94. The van der Waals surface area contributed by atoms with Gasteiger partial charge in [-0.2, -0.15) is 0 Å². The highest BCUT2D eigenvalue weighted by atomic mass is 16.3. The minimum Gasteiger partial charge on any atom is -0.456 e. The molecule has 0 saturated carbocycles. The van der Waals surface area contributed by atoms with Crippen LogP contribution in [0.3, 0.4) is 0 Å². The minimum absolute atomic E-state index is 0.0283. The molecule has 0 fully saturated rings. The van der Waals surface area contributed by atoms with E-state index in [0.717, 1.165) is 72.5 Å². The van der Waals surface area contributed by atoms with Crippen LogP contribution in [0.5, 0.6) is 0 Å². The first-order valence-corrected chi connectivity index (χ1v) is 26.2. The summed E-state index contributed by atoms with van der Waals surface area (Å²) >= 11 is 0. The molecule has 0 bridgehead atoms. The maximum Gasteiger partial charge on any atom is 0.136 e. The van der Waals surface area contributed by atoms with E-state index in [9.17, 15) is 0 Å². The van der Waals surface area contributed by atoms with Gasteiger partial charge >= 0.3 is 0 Å². The van der Waals surface area contributed by atoms with E-state index in [4.69, 9.17) is 4.42 Å². The van der Waals surface area contributed by atoms with Crippen LogP contribution in [-0.4, -0.2) is 4.57 Å². The van der Waals surface area contributed by atoms with Crippen molar-refractivity contribution < 1.29 is 4.42 Å². The van der Waals surface area contributed by atoms with E-state index in [2.05, 4.69) is 288 Å². The zero-order chi connectivity index (χ0) is 51.0. The minimum atomic E-state index is -0.0283. The molecule has 3 heteroatoms. The summed E-state index contributed by atoms with van der Waals surface area (Å²) in [6.45, 7) is 13.9. The van der Waals surface area contributed by atoms with E-state index in [1.54, 1.807) is 0 Å². The fraction of sp³-hybridized carbons (Fsp3) is 0.111. The number of aromatic nitrogens is 1. The Balaban J connectivity index is 1.04. The molecule has 0 aliphatic heterocycles. The molecule has 362 valence electrons. The Morgan fingerprint density at radius 3 is 1.67 bits per heavy atom. The third-order valence-electron chi connectivity index (χ3n) is 15.3. The van der Waals surface area contributed by atoms with Gasteiger partial charge in [0.1, 0.15) is 11.2 Å². The van der Waals surface area contributed by atoms with Crippen LogP contribution in [0.2, 0.25) is 0 Å². The van der Waals surface area contributed by atoms with E-state index >= 15 is 0 Å². The predicted octanol–water partition coefficient (Wildman–Crippen LogP) is 20.6. The smallest absolute Gasteiger partial charge is 0.136 e. The highest BCUT2D eigenvalue weighted by Crippen LogP contribution is 2.49. The topological polar surface area (TPSA) is 21.3 Å². The van der Waals surface area contributed by atoms with Crippen molar-refractivity contribution in [3.05, 3.63) is 254 Å². The van der Waals surface area contributed by atoms with E-state index in [0.29, 0.717) is 0 Å². The highest BCUT2D eigenvalue weighted by molar-refractivity contribution is 6.12. The Morgan fingerprint density at radius 2 is 0.907 bits per heavy atom. The van der Waals surface area contributed by atoms with Gasteiger partial charge in [0.05, 0.1) is 22.4 Å². The zero-order valence-electron chi connectivity index (χ0n) is 43.4. The number of para-hydroxylation sites is 5. The lowest BCUT2D eigenvalue weighted by Gasteiger charge is -2.30. The van der Waals surface area contributed by atoms with E-state index in [-0.39, 0.29) is 10.8 Å². The lowest BCUT2D eigenvalue weighted by Crippen LogP contribution is -2.16. The van der Waals surface area contributed by atoms with Crippen LogP contribution in [0.4, 0.5) is 17.1 Å². The molecule has 2 aromatic heterocycles. The first-order chi connectivity index (χ1) is 36.5. The molecule has 13 rings (SSSR count). The molecule has 0 unspecified atom stereocenters. The summed E-state index contributed by atoms with van der Waals surface area (Å²) in [5, 5.41) is 7.14. The lowest BCUT2D eigenvalue weighted by atomic mass is 9.78. The van der Waals surface area contributed by atoms with Gasteiger partial charge in [0.2, 0.25) is 0 Å². The number of furan rings is 1. The second-order valence-corrected chi connectivity index (χ2v) is 22.2. The van der Waals surface area contributed by atoms with Crippen molar-refractivity contribution in [3.63, 3.8) is 0 Å². The van der Waals surface area contributed by atoms with Gasteiger partial charge in [0.25, 0.3) is 0 Å². The average molecular weight is 967 g/mol. The molecule has 2 heterocycles. The van der Waals surface area contributed by atoms with Gasteiger partial charge in [-0.25, -0.2) is 0 Å². The predicted molar refractivity (Wildman–Crippen MR) is 319 cm³/mol. The Labute approximate surface area is 439 Å².